The highest BCUT2D eigenvalue weighted by Crippen LogP contribution is 2.33. The molecule has 5 rings (SSSR count). The van der Waals surface area contributed by atoms with Crippen molar-refractivity contribution in [2.24, 2.45) is 0 Å². The number of hydrogen-bond acceptors (Lipinski definition) is 4. The molecule has 0 bridgehead atoms. The molecule has 3 aromatic rings. The Hall–Kier alpha value is -3.12. The fourth-order valence-corrected chi connectivity index (χ4v) is 4.31. The highest BCUT2D eigenvalue weighted by atomic mass is 35.5. The number of imide groups is 1. The molecule has 0 radical (unpaired) electrons. The Balaban J connectivity index is 1.38. The van der Waals surface area contributed by atoms with Crippen LogP contribution < -0.4 is 5.32 Å². The molecule has 1 fully saturated rings. The molecule has 3 amide bonds. The van der Waals surface area contributed by atoms with E-state index in [1.54, 1.807) is 25.3 Å². The van der Waals surface area contributed by atoms with Gasteiger partial charge in [-0.2, -0.15) is 0 Å². The van der Waals surface area contributed by atoms with Crippen LogP contribution in [0.4, 0.5) is 4.79 Å². The Kier molecular flexibility index (Phi) is 4.40. The zero-order chi connectivity index (χ0) is 20.9. The third kappa shape index (κ3) is 3.08. The number of hydrogen-bond donors (Lipinski definition) is 1. The van der Waals surface area contributed by atoms with Crippen LogP contribution in [0.25, 0.3) is 11.3 Å². The van der Waals surface area contributed by atoms with Crippen molar-refractivity contribution in [3.8, 4) is 11.3 Å². The van der Waals surface area contributed by atoms with Gasteiger partial charge in [-0.3, -0.25) is 9.69 Å². The predicted molar refractivity (Wildman–Crippen MR) is 112 cm³/mol. The first kappa shape index (κ1) is 18.9. The quantitative estimate of drug-likeness (QED) is 0.631. The molecule has 1 aliphatic carbocycles. The standard InChI is InChI=1S/C23H20ClN3O3/c1-23(17-8-5-14-3-2-4-16(14)11-17)21(28)27(22(29)26-23)13-20-25-12-19(30-20)15-6-9-18(24)10-7-15/h5-12H,2-4,13H2,1H3,(H,26,29)/t23-/m1/s1. The fraction of sp³-hybridized carbons (Fsp3) is 0.261. The van der Waals surface area contributed by atoms with E-state index in [1.165, 1.54) is 11.1 Å². The van der Waals surface area contributed by atoms with Crippen LogP contribution in [-0.2, 0) is 29.7 Å². The van der Waals surface area contributed by atoms with Crippen molar-refractivity contribution in [3.05, 3.63) is 76.3 Å². The van der Waals surface area contributed by atoms with Gasteiger partial charge < -0.3 is 9.73 Å². The number of carbonyl (C=O) groups is 2. The second kappa shape index (κ2) is 6.99. The molecule has 1 aromatic heterocycles. The molecule has 0 unspecified atom stereocenters. The lowest BCUT2D eigenvalue weighted by Crippen LogP contribution is -2.41. The summed E-state index contributed by atoms with van der Waals surface area (Å²) in [6.07, 6.45) is 4.78. The van der Waals surface area contributed by atoms with Gasteiger partial charge in [0, 0.05) is 10.6 Å². The molecule has 2 heterocycles. The number of carbonyl (C=O) groups excluding carboxylic acids is 2. The summed E-state index contributed by atoms with van der Waals surface area (Å²) in [4.78, 5) is 31.3. The normalized spacial score (nSPS) is 20.5. The van der Waals surface area contributed by atoms with E-state index in [-0.39, 0.29) is 12.5 Å². The van der Waals surface area contributed by atoms with Gasteiger partial charge in [0.2, 0.25) is 5.89 Å². The lowest BCUT2D eigenvalue weighted by Gasteiger charge is -2.23. The zero-order valence-electron chi connectivity index (χ0n) is 16.4. The van der Waals surface area contributed by atoms with Crippen LogP contribution >= 0.6 is 11.6 Å². The van der Waals surface area contributed by atoms with Crippen molar-refractivity contribution < 1.29 is 14.0 Å². The lowest BCUT2D eigenvalue weighted by molar-refractivity contribution is -0.131. The first-order valence-electron chi connectivity index (χ1n) is 9.91. The van der Waals surface area contributed by atoms with Gasteiger partial charge in [0.15, 0.2) is 5.76 Å². The van der Waals surface area contributed by atoms with Crippen molar-refractivity contribution >= 4 is 23.5 Å². The molecule has 30 heavy (non-hydrogen) atoms. The molecule has 7 heteroatoms. The van der Waals surface area contributed by atoms with E-state index < -0.39 is 11.6 Å². The predicted octanol–water partition coefficient (Wildman–Crippen LogP) is 4.45. The van der Waals surface area contributed by atoms with Gasteiger partial charge in [-0.1, -0.05) is 29.8 Å². The molecule has 1 N–H and O–H groups in total. The minimum atomic E-state index is -1.10. The van der Waals surface area contributed by atoms with Crippen LogP contribution in [0, 0.1) is 0 Å². The maximum atomic E-state index is 13.2. The molecular weight excluding hydrogens is 402 g/mol. The van der Waals surface area contributed by atoms with E-state index in [0.29, 0.717) is 16.7 Å². The number of benzene rings is 2. The van der Waals surface area contributed by atoms with Crippen LogP contribution in [0.1, 0.15) is 35.9 Å². The summed E-state index contributed by atoms with van der Waals surface area (Å²) in [5.74, 6) is 0.536. The second-order valence-corrected chi connectivity index (χ2v) is 8.35. The van der Waals surface area contributed by atoms with Gasteiger partial charge in [-0.05, 0) is 67.1 Å². The molecule has 0 spiro atoms. The maximum absolute atomic E-state index is 13.2. The summed E-state index contributed by atoms with van der Waals surface area (Å²) < 4.78 is 5.77. The van der Waals surface area contributed by atoms with E-state index >= 15 is 0 Å². The Morgan fingerprint density at radius 1 is 1.13 bits per heavy atom. The summed E-state index contributed by atoms with van der Waals surface area (Å²) in [6, 6.07) is 12.8. The van der Waals surface area contributed by atoms with Crippen LogP contribution in [-0.4, -0.2) is 21.8 Å². The van der Waals surface area contributed by atoms with Gasteiger partial charge in [-0.15, -0.1) is 0 Å². The largest absolute Gasteiger partial charge is 0.439 e. The topological polar surface area (TPSA) is 75.4 Å². The molecule has 0 saturated carbocycles. The monoisotopic (exact) mass is 421 g/mol. The smallest absolute Gasteiger partial charge is 0.325 e. The van der Waals surface area contributed by atoms with E-state index in [9.17, 15) is 9.59 Å². The highest BCUT2D eigenvalue weighted by Gasteiger charge is 2.49. The molecule has 1 atom stereocenters. The number of halogens is 1. The van der Waals surface area contributed by atoms with Crippen LogP contribution in [0.5, 0.6) is 0 Å². The number of fused-ring (bicyclic) bond motifs is 1. The van der Waals surface area contributed by atoms with Gasteiger partial charge in [0.25, 0.3) is 5.91 Å². The average molecular weight is 422 g/mol. The molecule has 6 nitrogen and oxygen atoms in total. The highest BCUT2D eigenvalue weighted by molar-refractivity contribution is 6.30. The summed E-state index contributed by atoms with van der Waals surface area (Å²) >= 11 is 5.92. The number of amides is 3. The van der Waals surface area contributed by atoms with E-state index in [4.69, 9.17) is 16.0 Å². The molecule has 1 aliphatic heterocycles. The zero-order valence-corrected chi connectivity index (χ0v) is 17.2. The minimum absolute atomic E-state index is 0.0290. The number of aryl methyl sites for hydroxylation is 2. The summed E-state index contributed by atoms with van der Waals surface area (Å²) in [5, 5.41) is 3.48. The van der Waals surface area contributed by atoms with Crippen molar-refractivity contribution in [2.75, 3.05) is 0 Å². The Morgan fingerprint density at radius 2 is 1.90 bits per heavy atom. The summed E-state index contributed by atoms with van der Waals surface area (Å²) in [5.41, 5.74) is 3.11. The summed E-state index contributed by atoms with van der Waals surface area (Å²) in [6.45, 7) is 1.72. The van der Waals surface area contributed by atoms with Crippen molar-refractivity contribution in [1.82, 2.24) is 15.2 Å². The van der Waals surface area contributed by atoms with E-state index in [2.05, 4.69) is 16.4 Å². The molecule has 1 saturated heterocycles. The van der Waals surface area contributed by atoms with Crippen LogP contribution in [0.2, 0.25) is 5.02 Å². The van der Waals surface area contributed by atoms with Crippen LogP contribution in [0.15, 0.2) is 53.1 Å². The number of urea groups is 1. The second-order valence-electron chi connectivity index (χ2n) is 7.91. The van der Waals surface area contributed by atoms with Crippen molar-refractivity contribution in [3.63, 3.8) is 0 Å². The molecular formula is C23H20ClN3O3. The number of nitrogens with zero attached hydrogens (tertiary/aromatic N) is 2. The molecule has 152 valence electrons. The number of oxazole rings is 1. The number of nitrogens with one attached hydrogen (secondary N) is 1. The van der Waals surface area contributed by atoms with E-state index in [1.807, 2.05) is 24.3 Å². The first-order valence-corrected chi connectivity index (χ1v) is 10.3. The van der Waals surface area contributed by atoms with Crippen molar-refractivity contribution in [2.45, 2.75) is 38.3 Å². The molecule has 2 aromatic carbocycles. The van der Waals surface area contributed by atoms with Gasteiger partial charge >= 0.3 is 6.03 Å². The SMILES string of the molecule is C[C@]1(c2ccc3c(c2)CCC3)NC(=O)N(Cc2ncc(-c3ccc(Cl)cc3)o2)C1=O. The first-order chi connectivity index (χ1) is 14.4. The van der Waals surface area contributed by atoms with Gasteiger partial charge in [0.1, 0.15) is 12.1 Å². The van der Waals surface area contributed by atoms with Gasteiger partial charge in [0.05, 0.1) is 6.20 Å². The van der Waals surface area contributed by atoms with Crippen molar-refractivity contribution in [1.29, 1.82) is 0 Å². The van der Waals surface area contributed by atoms with Gasteiger partial charge in [-0.25, -0.2) is 9.78 Å². The number of aromatic nitrogens is 1. The Bertz CT molecular complexity index is 1150. The van der Waals surface area contributed by atoms with Crippen LogP contribution in [0.3, 0.4) is 0 Å². The summed E-state index contributed by atoms with van der Waals surface area (Å²) in [7, 11) is 0. The fourth-order valence-electron chi connectivity index (χ4n) is 4.19. The molecule has 2 aliphatic rings. The lowest BCUT2D eigenvalue weighted by atomic mass is 9.90. The number of rotatable bonds is 4. The minimum Gasteiger partial charge on any atom is -0.439 e. The third-order valence-corrected chi connectivity index (χ3v) is 6.18. The maximum Gasteiger partial charge on any atom is 0.325 e. The Morgan fingerprint density at radius 3 is 2.70 bits per heavy atom. The average Bonchev–Trinajstić information content (AvgIpc) is 3.44. The third-order valence-electron chi connectivity index (χ3n) is 5.93. The van der Waals surface area contributed by atoms with E-state index in [0.717, 1.165) is 35.3 Å². The Labute approximate surface area is 178 Å².